The van der Waals surface area contributed by atoms with Gasteiger partial charge in [0.25, 0.3) is 0 Å². The number of phosphoric ester groups is 1. The number of aliphatic hydroxyl groups is 1. The van der Waals surface area contributed by atoms with Gasteiger partial charge in [-0.2, -0.15) is 0 Å². The molecule has 2 atom stereocenters. The Morgan fingerprint density at radius 2 is 1.31 bits per heavy atom. The Labute approximate surface area is 222 Å². The zero-order chi connectivity index (χ0) is 27.0. The van der Waals surface area contributed by atoms with Crippen LogP contribution in [0.15, 0.2) is 24.3 Å². The number of quaternary nitrogens is 1. The fourth-order valence-electron chi connectivity index (χ4n) is 3.46. The predicted octanol–water partition coefficient (Wildman–Crippen LogP) is 6.80. The van der Waals surface area contributed by atoms with Crippen molar-refractivity contribution in [2.24, 2.45) is 0 Å². The van der Waals surface area contributed by atoms with Crippen LogP contribution in [0.25, 0.3) is 0 Å². The van der Waals surface area contributed by atoms with Gasteiger partial charge in [0.2, 0.25) is 0 Å². The molecule has 0 aliphatic rings. The van der Waals surface area contributed by atoms with E-state index in [0.29, 0.717) is 17.6 Å². The molecule has 2 N–H and O–H groups in total. The van der Waals surface area contributed by atoms with Crippen molar-refractivity contribution in [3.63, 3.8) is 0 Å². The Morgan fingerprint density at radius 3 is 1.89 bits per heavy atom. The van der Waals surface area contributed by atoms with Crippen molar-refractivity contribution in [1.29, 1.82) is 0 Å². The van der Waals surface area contributed by atoms with Gasteiger partial charge < -0.3 is 19.2 Å². The summed E-state index contributed by atoms with van der Waals surface area (Å²) in [7, 11) is 1.74. The summed E-state index contributed by atoms with van der Waals surface area (Å²) in [5, 5.41) is 9.87. The van der Waals surface area contributed by atoms with Crippen molar-refractivity contribution >= 4 is 7.82 Å². The van der Waals surface area contributed by atoms with Crippen LogP contribution in [0, 0.1) is 0 Å². The standard InChI is InChI=1S/C28H56NO6P/c1-5-6-7-8-9-10-11-12-13-14-15-16-17-18-19-20-21-22-24-33-26-28(30)27-35-36(31,32)34-25-23-29(2,3)4/h9-10,12-13,28,30H,5-8,11,14-27H2,1-4H3/p+1/b10-9-,13-12-. The first-order valence-corrected chi connectivity index (χ1v) is 15.6. The molecule has 214 valence electrons. The molecule has 0 fully saturated rings. The van der Waals surface area contributed by atoms with Gasteiger partial charge in [-0.25, -0.2) is 4.57 Å². The molecule has 0 amide bonds. The van der Waals surface area contributed by atoms with E-state index >= 15 is 0 Å². The van der Waals surface area contributed by atoms with Crippen molar-refractivity contribution in [2.75, 3.05) is 54.1 Å². The van der Waals surface area contributed by atoms with E-state index in [2.05, 4.69) is 31.2 Å². The predicted molar refractivity (Wildman–Crippen MR) is 150 cm³/mol. The Morgan fingerprint density at radius 1 is 0.750 bits per heavy atom. The number of phosphoric acid groups is 1. The van der Waals surface area contributed by atoms with Gasteiger partial charge in [0, 0.05) is 6.61 Å². The normalized spacial score (nSPS) is 15.2. The monoisotopic (exact) mass is 534 g/mol. The molecular formula is C28H57NO6P+. The highest BCUT2D eigenvalue weighted by atomic mass is 31.2. The number of likely N-dealkylation sites (N-methyl/N-ethyl adjacent to an activating group) is 1. The average molecular weight is 535 g/mol. The van der Waals surface area contributed by atoms with Crippen LogP contribution in [0.5, 0.6) is 0 Å². The van der Waals surface area contributed by atoms with Crippen LogP contribution in [-0.2, 0) is 18.3 Å². The highest BCUT2D eigenvalue weighted by molar-refractivity contribution is 7.47. The van der Waals surface area contributed by atoms with E-state index < -0.39 is 13.9 Å². The smallest absolute Gasteiger partial charge is 0.388 e. The van der Waals surface area contributed by atoms with Crippen molar-refractivity contribution in [2.45, 2.75) is 103 Å². The first-order chi connectivity index (χ1) is 17.2. The number of allylic oxidation sites excluding steroid dienone is 4. The van der Waals surface area contributed by atoms with E-state index in [1.807, 2.05) is 21.1 Å². The molecule has 2 unspecified atom stereocenters. The molecule has 0 aromatic rings. The number of hydrogen-bond acceptors (Lipinski definition) is 5. The van der Waals surface area contributed by atoms with Crippen molar-refractivity contribution < 1.29 is 32.8 Å². The van der Waals surface area contributed by atoms with E-state index in [0.717, 1.165) is 19.3 Å². The fourth-order valence-corrected chi connectivity index (χ4v) is 4.21. The first kappa shape index (κ1) is 35.5. The molecule has 0 saturated heterocycles. The van der Waals surface area contributed by atoms with Crippen LogP contribution < -0.4 is 0 Å². The molecule has 0 saturated carbocycles. The van der Waals surface area contributed by atoms with E-state index in [1.165, 1.54) is 70.6 Å². The van der Waals surface area contributed by atoms with Crippen LogP contribution in [0.2, 0.25) is 0 Å². The summed E-state index contributed by atoms with van der Waals surface area (Å²) >= 11 is 0. The number of rotatable bonds is 26. The Hall–Kier alpha value is -0.530. The molecule has 0 bridgehead atoms. The molecular weight excluding hydrogens is 477 g/mol. The van der Waals surface area contributed by atoms with E-state index in [-0.39, 0.29) is 19.8 Å². The maximum Gasteiger partial charge on any atom is 0.472 e. The molecule has 7 nitrogen and oxygen atoms in total. The molecule has 0 aromatic carbocycles. The molecule has 0 aliphatic heterocycles. The molecule has 0 aromatic heterocycles. The summed E-state index contributed by atoms with van der Waals surface area (Å²) in [6, 6.07) is 0. The summed E-state index contributed by atoms with van der Waals surface area (Å²) in [6.45, 7) is 3.31. The van der Waals surface area contributed by atoms with Gasteiger partial charge in [0.1, 0.15) is 19.3 Å². The lowest BCUT2D eigenvalue weighted by molar-refractivity contribution is -0.870. The third kappa shape index (κ3) is 28.0. The largest absolute Gasteiger partial charge is 0.472 e. The van der Waals surface area contributed by atoms with Gasteiger partial charge in [0.15, 0.2) is 0 Å². The van der Waals surface area contributed by atoms with Gasteiger partial charge >= 0.3 is 7.82 Å². The second-order valence-corrected chi connectivity index (χ2v) is 12.1. The van der Waals surface area contributed by atoms with Gasteiger partial charge in [-0.05, 0) is 38.5 Å². The molecule has 8 heteroatoms. The van der Waals surface area contributed by atoms with Crippen LogP contribution in [0.3, 0.4) is 0 Å². The fraction of sp³-hybridized carbons (Fsp3) is 0.857. The molecule has 0 radical (unpaired) electrons. The van der Waals surface area contributed by atoms with Crippen LogP contribution in [0.4, 0.5) is 0 Å². The second-order valence-electron chi connectivity index (χ2n) is 10.6. The van der Waals surface area contributed by atoms with Crippen molar-refractivity contribution in [1.82, 2.24) is 0 Å². The van der Waals surface area contributed by atoms with Gasteiger partial charge in [-0.1, -0.05) is 82.6 Å². The molecule has 0 rings (SSSR count). The lowest BCUT2D eigenvalue weighted by atomic mass is 10.1. The minimum atomic E-state index is -4.14. The quantitative estimate of drug-likeness (QED) is 0.0550. The Bertz CT molecular complexity index is 591. The van der Waals surface area contributed by atoms with Crippen LogP contribution >= 0.6 is 7.82 Å². The zero-order valence-electron chi connectivity index (χ0n) is 23.7. The first-order valence-electron chi connectivity index (χ1n) is 14.1. The maximum absolute atomic E-state index is 11.8. The number of hydrogen-bond donors (Lipinski definition) is 2. The van der Waals surface area contributed by atoms with Gasteiger partial charge in [-0.15, -0.1) is 0 Å². The molecule has 0 aliphatic carbocycles. The SMILES string of the molecule is CCCCC/C=C\C/C=C\CCCCCCCCCCOCC(O)COP(=O)(O)OCC[N+](C)(C)C. The Balaban J connectivity index is 3.43. The molecule has 36 heavy (non-hydrogen) atoms. The molecule has 0 spiro atoms. The van der Waals surface area contributed by atoms with E-state index in [9.17, 15) is 14.6 Å². The van der Waals surface area contributed by atoms with Gasteiger partial charge in [0.05, 0.1) is 34.4 Å². The number of unbranched alkanes of at least 4 members (excludes halogenated alkanes) is 11. The maximum atomic E-state index is 11.8. The van der Waals surface area contributed by atoms with Crippen LogP contribution in [-0.4, -0.2) is 74.7 Å². The number of ether oxygens (including phenoxy) is 1. The minimum absolute atomic E-state index is 0.0859. The lowest BCUT2D eigenvalue weighted by Crippen LogP contribution is -2.37. The summed E-state index contributed by atoms with van der Waals surface area (Å²) in [5.74, 6) is 0. The second kappa shape index (κ2) is 23.6. The number of nitrogens with zero attached hydrogens (tertiary/aromatic N) is 1. The van der Waals surface area contributed by atoms with Crippen LogP contribution in [0.1, 0.15) is 96.8 Å². The zero-order valence-corrected chi connectivity index (χ0v) is 24.6. The number of aliphatic hydroxyl groups excluding tert-OH is 1. The van der Waals surface area contributed by atoms with Crippen molar-refractivity contribution in [3.05, 3.63) is 24.3 Å². The topological polar surface area (TPSA) is 85.2 Å². The van der Waals surface area contributed by atoms with Gasteiger partial charge in [-0.3, -0.25) is 9.05 Å². The summed E-state index contributed by atoms with van der Waals surface area (Å²) < 4.78 is 27.7. The van der Waals surface area contributed by atoms with E-state index in [1.54, 1.807) is 0 Å². The van der Waals surface area contributed by atoms with E-state index in [4.69, 9.17) is 13.8 Å². The summed E-state index contributed by atoms with van der Waals surface area (Å²) in [5.41, 5.74) is 0. The highest BCUT2D eigenvalue weighted by Crippen LogP contribution is 2.43. The highest BCUT2D eigenvalue weighted by Gasteiger charge is 2.24. The average Bonchev–Trinajstić information content (AvgIpc) is 2.80. The summed E-state index contributed by atoms with van der Waals surface area (Å²) in [4.78, 5) is 9.65. The third-order valence-electron chi connectivity index (χ3n) is 5.75. The third-order valence-corrected chi connectivity index (χ3v) is 6.73. The lowest BCUT2D eigenvalue weighted by Gasteiger charge is -2.24. The molecule has 0 heterocycles. The summed E-state index contributed by atoms with van der Waals surface area (Å²) in [6.07, 6.45) is 25.4. The Kier molecular flexibility index (Phi) is 23.2. The van der Waals surface area contributed by atoms with Crippen molar-refractivity contribution in [3.8, 4) is 0 Å². The minimum Gasteiger partial charge on any atom is -0.388 e.